The minimum absolute atomic E-state index is 0.263. The largest absolute Gasteiger partial charge is 0.497 e. The highest BCUT2D eigenvalue weighted by Gasteiger charge is 2.14. The van der Waals surface area contributed by atoms with Crippen molar-refractivity contribution in [3.63, 3.8) is 0 Å². The van der Waals surface area contributed by atoms with Crippen LogP contribution in [0.1, 0.15) is 25.5 Å². The predicted molar refractivity (Wildman–Crippen MR) is 80.8 cm³/mol. The van der Waals surface area contributed by atoms with Crippen molar-refractivity contribution < 1.29 is 4.74 Å². The summed E-state index contributed by atoms with van der Waals surface area (Å²) in [4.78, 5) is 8.89. The Kier molecular flexibility index (Phi) is 4.42. The van der Waals surface area contributed by atoms with E-state index in [1.807, 2.05) is 24.3 Å². The molecular weight excluding hydrogens is 328 g/mol. The summed E-state index contributed by atoms with van der Waals surface area (Å²) in [6, 6.07) is 7.62. The molecule has 2 rings (SSSR count). The second kappa shape index (κ2) is 5.88. The van der Waals surface area contributed by atoms with Crippen molar-refractivity contribution in [2.75, 3.05) is 7.11 Å². The van der Waals surface area contributed by atoms with Gasteiger partial charge >= 0.3 is 0 Å². The van der Waals surface area contributed by atoms with Gasteiger partial charge in [-0.15, -0.1) is 0 Å². The van der Waals surface area contributed by atoms with E-state index in [0.29, 0.717) is 11.0 Å². The molecule has 0 N–H and O–H groups in total. The van der Waals surface area contributed by atoms with Crippen LogP contribution in [0.5, 0.6) is 5.75 Å². The summed E-state index contributed by atoms with van der Waals surface area (Å²) in [6.45, 7) is 4.14. The maximum absolute atomic E-state index is 6.16. The van der Waals surface area contributed by atoms with Gasteiger partial charge in [0, 0.05) is 5.56 Å². The molecule has 0 unspecified atom stereocenters. The molecular formula is C14H14BrClN2O. The van der Waals surface area contributed by atoms with Crippen molar-refractivity contribution in [1.82, 2.24) is 9.97 Å². The summed E-state index contributed by atoms with van der Waals surface area (Å²) in [6.07, 6.45) is 0. The number of nitrogens with zero attached hydrogens (tertiary/aromatic N) is 2. The average molecular weight is 342 g/mol. The molecule has 5 heteroatoms. The minimum Gasteiger partial charge on any atom is -0.497 e. The third-order valence-electron chi connectivity index (χ3n) is 2.71. The van der Waals surface area contributed by atoms with Gasteiger partial charge in [0.15, 0.2) is 5.82 Å². The molecule has 0 aliphatic rings. The van der Waals surface area contributed by atoms with Crippen molar-refractivity contribution in [3.05, 3.63) is 39.6 Å². The summed E-state index contributed by atoms with van der Waals surface area (Å²) in [7, 11) is 1.63. The fourth-order valence-corrected chi connectivity index (χ4v) is 2.52. The Morgan fingerprint density at radius 1 is 1.26 bits per heavy atom. The van der Waals surface area contributed by atoms with Crippen LogP contribution in [0.2, 0.25) is 5.15 Å². The van der Waals surface area contributed by atoms with Crippen LogP contribution in [-0.2, 0) is 0 Å². The molecule has 0 fully saturated rings. The van der Waals surface area contributed by atoms with Gasteiger partial charge in [0.1, 0.15) is 10.9 Å². The van der Waals surface area contributed by atoms with Crippen molar-refractivity contribution in [1.29, 1.82) is 0 Å². The van der Waals surface area contributed by atoms with Crippen LogP contribution in [0.4, 0.5) is 0 Å². The zero-order valence-corrected chi connectivity index (χ0v) is 13.3. The van der Waals surface area contributed by atoms with Gasteiger partial charge in [-0.1, -0.05) is 37.6 Å². The van der Waals surface area contributed by atoms with Gasteiger partial charge in [0.05, 0.1) is 17.3 Å². The molecule has 0 saturated carbocycles. The van der Waals surface area contributed by atoms with E-state index in [-0.39, 0.29) is 5.92 Å². The first kappa shape index (κ1) is 14.3. The third kappa shape index (κ3) is 3.07. The molecule has 2 aromatic rings. The second-order valence-corrected chi connectivity index (χ2v) is 5.57. The Balaban J connectivity index is 2.56. The number of rotatable bonds is 3. The van der Waals surface area contributed by atoms with Gasteiger partial charge in [-0.05, 0) is 34.0 Å². The molecule has 0 aliphatic heterocycles. The van der Waals surface area contributed by atoms with Gasteiger partial charge in [-0.3, -0.25) is 0 Å². The predicted octanol–water partition coefficient (Wildman–Crippen LogP) is 4.69. The molecule has 0 spiro atoms. The van der Waals surface area contributed by atoms with Crippen molar-refractivity contribution in [2.24, 2.45) is 0 Å². The van der Waals surface area contributed by atoms with Gasteiger partial charge in [-0.2, -0.15) is 0 Å². The highest BCUT2D eigenvalue weighted by molar-refractivity contribution is 9.10. The first-order valence-electron chi connectivity index (χ1n) is 5.90. The second-order valence-electron chi connectivity index (χ2n) is 4.42. The van der Waals surface area contributed by atoms with E-state index in [1.54, 1.807) is 7.11 Å². The first-order chi connectivity index (χ1) is 9.02. The summed E-state index contributed by atoms with van der Waals surface area (Å²) in [5, 5.41) is 0.427. The van der Waals surface area contributed by atoms with Crippen LogP contribution < -0.4 is 4.74 Å². The lowest BCUT2D eigenvalue weighted by Crippen LogP contribution is -2.00. The summed E-state index contributed by atoms with van der Waals surface area (Å²) in [5.41, 5.74) is 1.79. The number of benzene rings is 1. The van der Waals surface area contributed by atoms with Crippen LogP contribution in [0.25, 0.3) is 11.4 Å². The van der Waals surface area contributed by atoms with Crippen LogP contribution in [-0.4, -0.2) is 17.1 Å². The van der Waals surface area contributed by atoms with Crippen LogP contribution in [0, 0.1) is 0 Å². The molecule has 0 radical (unpaired) electrons. The van der Waals surface area contributed by atoms with Crippen molar-refractivity contribution in [2.45, 2.75) is 19.8 Å². The quantitative estimate of drug-likeness (QED) is 0.760. The number of ether oxygens (including phenoxy) is 1. The van der Waals surface area contributed by atoms with Crippen LogP contribution in [0.15, 0.2) is 28.7 Å². The molecule has 100 valence electrons. The van der Waals surface area contributed by atoms with Gasteiger partial charge in [-0.25, -0.2) is 9.97 Å². The summed E-state index contributed by atoms with van der Waals surface area (Å²) < 4.78 is 5.97. The number of hydrogen-bond donors (Lipinski definition) is 0. The van der Waals surface area contributed by atoms with E-state index < -0.39 is 0 Å². The molecule has 1 heterocycles. The highest BCUT2D eigenvalue weighted by Crippen LogP contribution is 2.31. The SMILES string of the molecule is COc1cccc(-c2nc(Cl)c(Br)c(C(C)C)n2)c1. The molecule has 0 amide bonds. The lowest BCUT2D eigenvalue weighted by Gasteiger charge is -2.11. The molecule has 0 aliphatic carbocycles. The Bertz CT molecular complexity index is 602. The standard InChI is InChI=1S/C14H14BrClN2O/c1-8(2)12-11(15)13(16)18-14(17-12)9-5-4-6-10(7-9)19-3/h4-8H,1-3H3. The lowest BCUT2D eigenvalue weighted by atomic mass is 10.1. The van der Waals surface area contributed by atoms with E-state index in [4.69, 9.17) is 16.3 Å². The summed E-state index contributed by atoms with van der Waals surface area (Å²) in [5.74, 6) is 1.64. The fourth-order valence-electron chi connectivity index (χ4n) is 1.71. The van der Waals surface area contributed by atoms with Crippen molar-refractivity contribution >= 4 is 27.5 Å². The number of methoxy groups -OCH3 is 1. The van der Waals surface area contributed by atoms with Crippen molar-refractivity contribution in [3.8, 4) is 17.1 Å². The number of halogens is 2. The molecule has 3 nitrogen and oxygen atoms in total. The van der Waals surface area contributed by atoms with E-state index in [2.05, 4.69) is 39.7 Å². The third-order valence-corrected chi connectivity index (χ3v) is 3.99. The van der Waals surface area contributed by atoms with Gasteiger partial charge in [0.2, 0.25) is 0 Å². The molecule has 0 saturated heterocycles. The van der Waals surface area contributed by atoms with E-state index in [1.165, 1.54) is 0 Å². The topological polar surface area (TPSA) is 35.0 Å². The average Bonchev–Trinajstić information content (AvgIpc) is 2.41. The van der Waals surface area contributed by atoms with Gasteiger partial charge in [0.25, 0.3) is 0 Å². The van der Waals surface area contributed by atoms with Crippen LogP contribution >= 0.6 is 27.5 Å². The molecule has 0 atom stereocenters. The maximum Gasteiger partial charge on any atom is 0.161 e. The molecule has 19 heavy (non-hydrogen) atoms. The Morgan fingerprint density at radius 3 is 2.63 bits per heavy atom. The van der Waals surface area contributed by atoms with E-state index in [0.717, 1.165) is 21.5 Å². The normalized spacial score (nSPS) is 10.8. The Hall–Kier alpha value is -1.13. The van der Waals surface area contributed by atoms with E-state index >= 15 is 0 Å². The fraction of sp³-hybridized carbons (Fsp3) is 0.286. The highest BCUT2D eigenvalue weighted by atomic mass is 79.9. The zero-order chi connectivity index (χ0) is 14.0. The smallest absolute Gasteiger partial charge is 0.161 e. The Labute approximate surface area is 126 Å². The maximum atomic E-state index is 6.16. The van der Waals surface area contributed by atoms with Crippen LogP contribution in [0.3, 0.4) is 0 Å². The Morgan fingerprint density at radius 2 is 2.00 bits per heavy atom. The lowest BCUT2D eigenvalue weighted by molar-refractivity contribution is 0.415. The number of aromatic nitrogens is 2. The van der Waals surface area contributed by atoms with Gasteiger partial charge < -0.3 is 4.74 Å². The van der Waals surface area contributed by atoms with E-state index in [9.17, 15) is 0 Å². The first-order valence-corrected chi connectivity index (χ1v) is 7.07. The summed E-state index contributed by atoms with van der Waals surface area (Å²) >= 11 is 9.59. The molecule has 0 bridgehead atoms. The molecule has 1 aromatic carbocycles. The number of hydrogen-bond acceptors (Lipinski definition) is 3. The molecule has 1 aromatic heterocycles. The zero-order valence-electron chi connectivity index (χ0n) is 10.9. The monoisotopic (exact) mass is 340 g/mol. The minimum atomic E-state index is 0.263.